The van der Waals surface area contributed by atoms with Crippen LogP contribution in [-0.4, -0.2) is 36.5 Å². The number of rotatable bonds is 4. The van der Waals surface area contributed by atoms with Gasteiger partial charge < -0.3 is 10.1 Å². The van der Waals surface area contributed by atoms with Crippen molar-refractivity contribution in [3.05, 3.63) is 41.1 Å². The highest BCUT2D eigenvalue weighted by Gasteiger charge is 2.33. The number of esters is 1. The lowest BCUT2D eigenvalue weighted by Gasteiger charge is -2.13. The van der Waals surface area contributed by atoms with Crippen LogP contribution < -0.4 is 5.32 Å². The molecule has 0 bridgehead atoms. The minimum Gasteiger partial charge on any atom is -0.465 e. The molecule has 1 saturated heterocycles. The maximum Gasteiger partial charge on any atom is 0.337 e. The quantitative estimate of drug-likeness (QED) is 0.524. The van der Waals surface area contributed by atoms with E-state index in [1.165, 1.54) is 12.0 Å². The first-order valence-electron chi connectivity index (χ1n) is 6.95. The Morgan fingerprint density at radius 1 is 1.27 bits per heavy atom. The van der Waals surface area contributed by atoms with Crippen LogP contribution in [0.4, 0.5) is 4.79 Å². The predicted molar refractivity (Wildman–Crippen MR) is 80.8 cm³/mol. The highest BCUT2D eigenvalue weighted by Crippen LogP contribution is 2.16. The normalized spacial score (nSPS) is 16.4. The number of nitrogens with zero attached hydrogens (tertiary/aromatic N) is 1. The third kappa shape index (κ3) is 3.33. The molecule has 1 aliphatic rings. The first-order valence-corrected chi connectivity index (χ1v) is 6.95. The second-order valence-corrected chi connectivity index (χ2v) is 5.41. The average molecular weight is 302 g/mol. The molecule has 1 aliphatic heterocycles. The highest BCUT2D eigenvalue weighted by molar-refractivity contribution is 6.14. The van der Waals surface area contributed by atoms with Crippen LogP contribution in [0.15, 0.2) is 30.0 Å². The zero-order valence-electron chi connectivity index (χ0n) is 12.8. The summed E-state index contributed by atoms with van der Waals surface area (Å²) in [5.41, 5.74) is 1.37. The zero-order chi connectivity index (χ0) is 16.3. The van der Waals surface area contributed by atoms with Crippen molar-refractivity contribution < 1.29 is 19.1 Å². The van der Waals surface area contributed by atoms with E-state index in [9.17, 15) is 14.4 Å². The van der Waals surface area contributed by atoms with Crippen molar-refractivity contribution >= 4 is 24.0 Å². The van der Waals surface area contributed by atoms with Crippen LogP contribution in [0, 0.1) is 5.92 Å². The number of ether oxygens (including phenoxy) is 1. The van der Waals surface area contributed by atoms with E-state index in [1.54, 1.807) is 30.3 Å². The number of carbonyl (C=O) groups is 3. The molecule has 1 fully saturated rings. The summed E-state index contributed by atoms with van der Waals surface area (Å²) in [6.07, 6.45) is 1.58. The topological polar surface area (TPSA) is 75.7 Å². The van der Waals surface area contributed by atoms with Crippen LogP contribution in [0.1, 0.15) is 29.8 Å². The molecule has 2 rings (SSSR count). The molecule has 1 N–H and O–H groups in total. The molecule has 3 amide bonds. The van der Waals surface area contributed by atoms with Crippen LogP contribution in [0.25, 0.3) is 6.08 Å². The average Bonchev–Trinajstić information content (AvgIpc) is 2.74. The molecule has 1 heterocycles. The van der Waals surface area contributed by atoms with Gasteiger partial charge in [0.25, 0.3) is 5.91 Å². The molecule has 0 aromatic heterocycles. The van der Waals surface area contributed by atoms with Crippen LogP contribution >= 0.6 is 0 Å². The highest BCUT2D eigenvalue weighted by atomic mass is 16.5. The molecule has 6 heteroatoms. The summed E-state index contributed by atoms with van der Waals surface area (Å²) < 4.78 is 4.62. The first-order chi connectivity index (χ1) is 10.4. The number of imide groups is 1. The number of hydrogen-bond donors (Lipinski definition) is 1. The van der Waals surface area contributed by atoms with Crippen molar-refractivity contribution in [1.29, 1.82) is 0 Å². The molecule has 0 atom stereocenters. The van der Waals surface area contributed by atoms with Crippen LogP contribution in [0.3, 0.4) is 0 Å². The lowest BCUT2D eigenvalue weighted by Crippen LogP contribution is -2.34. The Morgan fingerprint density at radius 2 is 1.91 bits per heavy atom. The van der Waals surface area contributed by atoms with Gasteiger partial charge in [0.2, 0.25) is 0 Å². The number of urea groups is 1. The molecule has 0 radical (unpaired) electrons. The van der Waals surface area contributed by atoms with Crippen LogP contribution in [0.2, 0.25) is 0 Å². The zero-order valence-corrected chi connectivity index (χ0v) is 12.8. The Bertz CT molecular complexity index is 632. The van der Waals surface area contributed by atoms with Gasteiger partial charge in [-0.2, -0.15) is 0 Å². The summed E-state index contributed by atoms with van der Waals surface area (Å²) in [6, 6.07) is 6.17. The Kier molecular flexibility index (Phi) is 4.60. The number of carbonyl (C=O) groups excluding carboxylic acids is 3. The van der Waals surface area contributed by atoms with E-state index < -0.39 is 12.0 Å². The molecular formula is C16H18N2O4. The van der Waals surface area contributed by atoms with Gasteiger partial charge in [0.15, 0.2) is 0 Å². The van der Waals surface area contributed by atoms with Crippen molar-refractivity contribution in [2.45, 2.75) is 13.8 Å². The first kappa shape index (κ1) is 15.8. The lowest BCUT2D eigenvalue weighted by atomic mass is 10.1. The van der Waals surface area contributed by atoms with Crippen LogP contribution in [-0.2, 0) is 9.53 Å². The fourth-order valence-corrected chi connectivity index (χ4v) is 2.10. The van der Waals surface area contributed by atoms with Crippen LogP contribution in [0.5, 0.6) is 0 Å². The molecule has 0 spiro atoms. The second kappa shape index (κ2) is 6.43. The van der Waals surface area contributed by atoms with Crippen molar-refractivity contribution in [3.63, 3.8) is 0 Å². The Balaban J connectivity index is 2.18. The van der Waals surface area contributed by atoms with Gasteiger partial charge in [-0.15, -0.1) is 0 Å². The number of amides is 3. The largest absolute Gasteiger partial charge is 0.465 e. The molecule has 6 nitrogen and oxygen atoms in total. The summed E-state index contributed by atoms with van der Waals surface area (Å²) in [7, 11) is 1.31. The third-order valence-electron chi connectivity index (χ3n) is 3.15. The van der Waals surface area contributed by atoms with E-state index in [2.05, 4.69) is 10.1 Å². The van der Waals surface area contributed by atoms with Crippen molar-refractivity contribution in [2.75, 3.05) is 13.7 Å². The van der Waals surface area contributed by atoms with Gasteiger partial charge >= 0.3 is 12.0 Å². The van der Waals surface area contributed by atoms with E-state index in [1.807, 2.05) is 13.8 Å². The van der Waals surface area contributed by atoms with Gasteiger partial charge in [0.05, 0.1) is 12.7 Å². The Labute approximate surface area is 128 Å². The number of hydrogen-bond acceptors (Lipinski definition) is 4. The van der Waals surface area contributed by atoms with Gasteiger partial charge in [-0.05, 0) is 29.7 Å². The smallest absolute Gasteiger partial charge is 0.337 e. The maximum atomic E-state index is 12.2. The van der Waals surface area contributed by atoms with E-state index in [0.717, 1.165) is 0 Å². The van der Waals surface area contributed by atoms with E-state index in [0.29, 0.717) is 17.7 Å². The summed E-state index contributed by atoms with van der Waals surface area (Å²) in [6.45, 7) is 4.25. The number of methoxy groups -OCH3 is 1. The molecule has 22 heavy (non-hydrogen) atoms. The monoisotopic (exact) mass is 302 g/mol. The summed E-state index contributed by atoms with van der Waals surface area (Å²) in [5.74, 6) is -0.559. The SMILES string of the molecule is COC(=O)c1ccc(/C=C2\NC(=O)N(CC(C)C)C2=O)cc1. The standard InChI is InChI=1S/C16H18N2O4/c1-10(2)9-18-14(19)13(17-16(18)21)8-11-4-6-12(7-5-11)15(20)22-3/h4-8,10H,9H2,1-3H3,(H,17,21)/b13-8-. The van der Waals surface area contributed by atoms with Crippen molar-refractivity contribution in [2.24, 2.45) is 5.92 Å². The molecule has 116 valence electrons. The van der Waals surface area contributed by atoms with Gasteiger partial charge in [0.1, 0.15) is 5.70 Å². The lowest BCUT2D eigenvalue weighted by molar-refractivity contribution is -0.123. The molecule has 0 saturated carbocycles. The Morgan fingerprint density at radius 3 is 2.45 bits per heavy atom. The molecule has 1 aromatic rings. The fourth-order valence-electron chi connectivity index (χ4n) is 2.10. The molecular weight excluding hydrogens is 284 g/mol. The molecule has 0 unspecified atom stereocenters. The minimum atomic E-state index is -0.424. The van der Waals surface area contributed by atoms with Crippen molar-refractivity contribution in [3.8, 4) is 0 Å². The number of benzene rings is 1. The molecule has 1 aromatic carbocycles. The summed E-state index contributed by atoms with van der Waals surface area (Å²) >= 11 is 0. The van der Waals surface area contributed by atoms with E-state index in [4.69, 9.17) is 0 Å². The maximum absolute atomic E-state index is 12.2. The second-order valence-electron chi connectivity index (χ2n) is 5.41. The fraction of sp³-hybridized carbons (Fsp3) is 0.312. The Hall–Kier alpha value is -2.63. The van der Waals surface area contributed by atoms with Crippen molar-refractivity contribution in [1.82, 2.24) is 10.2 Å². The van der Waals surface area contributed by atoms with Gasteiger partial charge in [-0.1, -0.05) is 26.0 Å². The number of nitrogens with one attached hydrogen (secondary N) is 1. The van der Waals surface area contributed by atoms with Gasteiger partial charge in [-0.25, -0.2) is 9.59 Å². The predicted octanol–water partition coefficient (Wildman–Crippen LogP) is 2.02. The summed E-state index contributed by atoms with van der Waals surface area (Å²) in [4.78, 5) is 36.5. The third-order valence-corrected chi connectivity index (χ3v) is 3.15. The molecule has 0 aliphatic carbocycles. The van der Waals surface area contributed by atoms with E-state index in [-0.39, 0.29) is 17.5 Å². The van der Waals surface area contributed by atoms with Gasteiger partial charge in [-0.3, -0.25) is 9.69 Å². The summed E-state index contributed by atoms with van der Waals surface area (Å²) in [5, 5.41) is 2.56. The van der Waals surface area contributed by atoms with Gasteiger partial charge in [0, 0.05) is 6.54 Å². The minimum absolute atomic E-state index is 0.202. The van der Waals surface area contributed by atoms with E-state index >= 15 is 0 Å².